The molecule has 1 saturated heterocycles. The second-order valence-corrected chi connectivity index (χ2v) is 9.03. The number of anilines is 1. The lowest BCUT2D eigenvalue weighted by atomic mass is 10.1. The number of para-hydroxylation sites is 1. The van der Waals surface area contributed by atoms with Crippen LogP contribution in [0.4, 0.5) is 5.69 Å². The van der Waals surface area contributed by atoms with E-state index in [1.54, 1.807) is 22.7 Å². The molecule has 0 bridgehead atoms. The number of aryl methyl sites for hydroxylation is 2. The number of hydrogen-bond acceptors (Lipinski definition) is 5. The van der Waals surface area contributed by atoms with E-state index in [1.807, 2.05) is 56.3 Å². The third-order valence-corrected chi connectivity index (χ3v) is 6.94. The fourth-order valence-electron chi connectivity index (χ4n) is 3.12. The number of carbonyl (C=O) groups is 2. The molecule has 3 aromatic rings. The van der Waals surface area contributed by atoms with Crippen LogP contribution in [0.1, 0.15) is 16.1 Å². The highest BCUT2D eigenvalue weighted by atomic mass is 32.2. The molecule has 0 radical (unpaired) electrons. The van der Waals surface area contributed by atoms with Crippen LogP contribution in [0.25, 0.3) is 16.3 Å². The van der Waals surface area contributed by atoms with Gasteiger partial charge in [0.05, 0.1) is 16.1 Å². The van der Waals surface area contributed by atoms with E-state index in [1.165, 1.54) is 23.0 Å². The zero-order valence-electron chi connectivity index (χ0n) is 16.2. The minimum atomic E-state index is -0.478. The molecule has 0 aliphatic carbocycles. The van der Waals surface area contributed by atoms with Crippen LogP contribution in [0.15, 0.2) is 48.5 Å². The first-order chi connectivity index (χ1) is 14.0. The summed E-state index contributed by atoms with van der Waals surface area (Å²) >= 11 is 3.13. The predicted octanol–water partition coefficient (Wildman–Crippen LogP) is 4.47. The van der Waals surface area contributed by atoms with E-state index in [4.69, 9.17) is 0 Å². The molecule has 1 fully saturated rings. The molecule has 5 nitrogen and oxygen atoms in total. The summed E-state index contributed by atoms with van der Waals surface area (Å²) in [7, 11) is 0. The molecule has 7 heteroatoms. The minimum Gasteiger partial charge on any atom is -0.324 e. The number of fused-ring (bicyclic) bond motifs is 1. The van der Waals surface area contributed by atoms with Crippen LogP contribution in [0.3, 0.4) is 0 Å². The summed E-state index contributed by atoms with van der Waals surface area (Å²) in [6.07, 6.45) is 3.24. The molecule has 2 heterocycles. The van der Waals surface area contributed by atoms with Gasteiger partial charge in [0.2, 0.25) is 11.8 Å². The van der Waals surface area contributed by atoms with Crippen molar-refractivity contribution in [3.8, 4) is 0 Å². The van der Waals surface area contributed by atoms with Crippen molar-refractivity contribution in [3.63, 3.8) is 0 Å². The van der Waals surface area contributed by atoms with Crippen molar-refractivity contribution < 1.29 is 9.59 Å². The van der Waals surface area contributed by atoms with Crippen LogP contribution in [-0.2, 0) is 9.59 Å². The maximum atomic E-state index is 12.8. The maximum Gasteiger partial charge on any atom is 0.248 e. The van der Waals surface area contributed by atoms with E-state index < -0.39 is 6.04 Å². The Morgan fingerprint density at radius 3 is 2.79 bits per heavy atom. The second-order valence-electron chi connectivity index (χ2n) is 6.97. The van der Waals surface area contributed by atoms with Crippen molar-refractivity contribution in [2.45, 2.75) is 19.9 Å². The van der Waals surface area contributed by atoms with E-state index in [0.29, 0.717) is 11.6 Å². The molecule has 0 spiro atoms. The Hall–Kier alpha value is -2.64. The van der Waals surface area contributed by atoms with E-state index in [2.05, 4.69) is 10.3 Å². The summed E-state index contributed by atoms with van der Waals surface area (Å²) < 4.78 is 1.09. The molecule has 2 amide bonds. The molecule has 0 saturated carbocycles. The first kappa shape index (κ1) is 19.7. The number of nitrogens with one attached hydrogen (secondary N) is 1. The number of amides is 2. The topological polar surface area (TPSA) is 62.3 Å². The Kier molecular flexibility index (Phi) is 5.69. The van der Waals surface area contributed by atoms with Gasteiger partial charge >= 0.3 is 0 Å². The molecule has 29 heavy (non-hydrogen) atoms. The number of hydrogen-bond donors (Lipinski definition) is 1. The fraction of sp³-hybridized carbons (Fsp3) is 0.227. The summed E-state index contributed by atoms with van der Waals surface area (Å²) in [6.45, 7) is 4.05. The zero-order valence-corrected chi connectivity index (χ0v) is 17.8. The molecule has 2 aromatic carbocycles. The molecular formula is C22H21N3O2S2. The standard InChI is InChI=1S/C22H21N3O2S2/c1-14-7-8-16(11-15(14)2)23-22(27)18-12-28-13-25(18)21(26)10-9-20-24-17-5-3-4-6-19(17)29-20/h3-11,18H,12-13H2,1-2H3,(H,23,27)/b10-9+. The molecule has 1 atom stereocenters. The van der Waals surface area contributed by atoms with Crippen molar-refractivity contribution in [1.82, 2.24) is 9.88 Å². The zero-order chi connectivity index (χ0) is 20.4. The Bertz CT molecular complexity index is 1070. The monoisotopic (exact) mass is 423 g/mol. The molecule has 1 aliphatic rings. The van der Waals surface area contributed by atoms with Gasteiger partial charge in [0, 0.05) is 17.5 Å². The summed E-state index contributed by atoms with van der Waals surface area (Å²) in [5.74, 6) is 0.778. The van der Waals surface area contributed by atoms with Gasteiger partial charge in [0.25, 0.3) is 0 Å². The number of thioether (sulfide) groups is 1. The largest absolute Gasteiger partial charge is 0.324 e. The van der Waals surface area contributed by atoms with Gasteiger partial charge in [-0.15, -0.1) is 23.1 Å². The van der Waals surface area contributed by atoms with Crippen LogP contribution in [-0.4, -0.2) is 39.4 Å². The Labute approximate surface area is 177 Å². The van der Waals surface area contributed by atoms with Crippen LogP contribution in [0, 0.1) is 13.8 Å². The van der Waals surface area contributed by atoms with Crippen LogP contribution in [0.5, 0.6) is 0 Å². The van der Waals surface area contributed by atoms with Gasteiger partial charge in [-0.3, -0.25) is 9.59 Å². The molecule has 1 N–H and O–H groups in total. The number of carbonyl (C=O) groups excluding carboxylic acids is 2. The van der Waals surface area contributed by atoms with Gasteiger partial charge in [-0.25, -0.2) is 4.98 Å². The highest BCUT2D eigenvalue weighted by Crippen LogP contribution is 2.25. The van der Waals surface area contributed by atoms with Crippen LogP contribution >= 0.6 is 23.1 Å². The highest BCUT2D eigenvalue weighted by Gasteiger charge is 2.33. The second kappa shape index (κ2) is 8.39. The van der Waals surface area contributed by atoms with Crippen molar-refractivity contribution in [1.29, 1.82) is 0 Å². The van der Waals surface area contributed by atoms with Gasteiger partial charge in [0.15, 0.2) is 0 Å². The lowest BCUT2D eigenvalue weighted by Crippen LogP contribution is -2.43. The Balaban J connectivity index is 1.44. The molecule has 148 valence electrons. The smallest absolute Gasteiger partial charge is 0.248 e. The summed E-state index contributed by atoms with van der Waals surface area (Å²) in [5, 5.41) is 3.73. The summed E-state index contributed by atoms with van der Waals surface area (Å²) in [6, 6.07) is 13.2. The summed E-state index contributed by atoms with van der Waals surface area (Å²) in [4.78, 5) is 31.6. The van der Waals surface area contributed by atoms with Gasteiger partial charge in [-0.05, 0) is 55.3 Å². The van der Waals surface area contributed by atoms with Crippen LogP contribution in [0.2, 0.25) is 0 Å². The Morgan fingerprint density at radius 2 is 2.00 bits per heavy atom. The van der Waals surface area contributed by atoms with Gasteiger partial charge < -0.3 is 10.2 Å². The molecule has 1 aromatic heterocycles. The quantitative estimate of drug-likeness (QED) is 0.629. The lowest BCUT2D eigenvalue weighted by Gasteiger charge is -2.21. The molecule has 4 rings (SSSR count). The number of benzene rings is 2. The van der Waals surface area contributed by atoms with E-state index in [9.17, 15) is 9.59 Å². The third kappa shape index (κ3) is 4.36. The number of nitrogens with zero attached hydrogens (tertiary/aromatic N) is 2. The van der Waals surface area contributed by atoms with Crippen molar-refractivity contribution >= 4 is 56.9 Å². The average Bonchev–Trinajstić information content (AvgIpc) is 3.35. The van der Waals surface area contributed by atoms with Crippen molar-refractivity contribution in [3.05, 3.63) is 64.7 Å². The van der Waals surface area contributed by atoms with E-state index >= 15 is 0 Å². The summed E-state index contributed by atoms with van der Waals surface area (Å²) in [5.41, 5.74) is 3.98. The minimum absolute atomic E-state index is 0.153. The number of aromatic nitrogens is 1. The third-order valence-electron chi connectivity index (χ3n) is 4.92. The molecule has 1 aliphatic heterocycles. The van der Waals surface area contributed by atoms with Crippen molar-refractivity contribution in [2.24, 2.45) is 0 Å². The highest BCUT2D eigenvalue weighted by molar-refractivity contribution is 7.99. The Morgan fingerprint density at radius 1 is 1.17 bits per heavy atom. The van der Waals surface area contributed by atoms with Gasteiger partial charge in [0.1, 0.15) is 11.0 Å². The van der Waals surface area contributed by atoms with E-state index in [0.717, 1.165) is 26.5 Å². The number of thiazole rings is 1. The predicted molar refractivity (Wildman–Crippen MR) is 121 cm³/mol. The molecule has 1 unspecified atom stereocenters. The van der Waals surface area contributed by atoms with E-state index in [-0.39, 0.29) is 11.8 Å². The number of rotatable bonds is 4. The maximum absolute atomic E-state index is 12.8. The molecular weight excluding hydrogens is 402 g/mol. The van der Waals surface area contributed by atoms with Gasteiger partial charge in [-0.2, -0.15) is 0 Å². The van der Waals surface area contributed by atoms with Crippen LogP contribution < -0.4 is 5.32 Å². The fourth-order valence-corrected chi connectivity index (χ4v) is 5.16. The average molecular weight is 424 g/mol. The first-order valence-electron chi connectivity index (χ1n) is 9.31. The normalized spacial score (nSPS) is 16.6. The van der Waals surface area contributed by atoms with Gasteiger partial charge in [-0.1, -0.05) is 18.2 Å². The first-order valence-corrected chi connectivity index (χ1v) is 11.3. The lowest BCUT2D eigenvalue weighted by molar-refractivity contribution is -0.132. The van der Waals surface area contributed by atoms with Crippen molar-refractivity contribution in [2.75, 3.05) is 16.9 Å². The SMILES string of the molecule is Cc1ccc(NC(=O)C2CSCN2C(=O)/C=C/c2nc3ccccc3s2)cc1C.